The standard InChI is InChI=1S/C16H13Cl2N3O2/c1-7-12-11(2-3-19-16(7)22)21-15-13(12)9(4-10(17)14(15)18)8-5-20-23-6-8/h4-7,21H,2-3H2,1H3,(H,19,22). The molecule has 1 aliphatic rings. The predicted molar refractivity (Wildman–Crippen MR) is 88.9 cm³/mol. The van der Waals surface area contributed by atoms with Crippen LogP contribution < -0.4 is 5.32 Å². The number of nitrogens with zero attached hydrogens (tertiary/aromatic N) is 1. The highest BCUT2D eigenvalue weighted by atomic mass is 35.5. The number of halogens is 2. The molecule has 7 heteroatoms. The highest BCUT2D eigenvalue weighted by molar-refractivity contribution is 6.45. The van der Waals surface area contributed by atoms with E-state index >= 15 is 0 Å². The van der Waals surface area contributed by atoms with E-state index in [1.807, 2.05) is 6.92 Å². The van der Waals surface area contributed by atoms with Gasteiger partial charge in [-0.3, -0.25) is 4.79 Å². The van der Waals surface area contributed by atoms with Gasteiger partial charge in [0.2, 0.25) is 5.91 Å². The molecule has 5 nitrogen and oxygen atoms in total. The first-order valence-corrected chi connectivity index (χ1v) is 8.03. The van der Waals surface area contributed by atoms with Crippen molar-refractivity contribution < 1.29 is 9.32 Å². The summed E-state index contributed by atoms with van der Waals surface area (Å²) in [5.41, 5.74) is 4.38. The van der Waals surface area contributed by atoms with E-state index < -0.39 is 0 Å². The summed E-state index contributed by atoms with van der Waals surface area (Å²) in [6, 6.07) is 1.79. The summed E-state index contributed by atoms with van der Waals surface area (Å²) in [4.78, 5) is 15.6. The number of carbonyl (C=O) groups excluding carboxylic acids is 1. The Kier molecular flexibility index (Phi) is 3.36. The van der Waals surface area contributed by atoms with Crippen LogP contribution in [0.15, 0.2) is 23.0 Å². The fourth-order valence-electron chi connectivity index (χ4n) is 3.23. The molecule has 0 bridgehead atoms. The molecule has 1 atom stereocenters. The van der Waals surface area contributed by atoms with Gasteiger partial charge in [-0.25, -0.2) is 0 Å². The Bertz CT molecular complexity index is 915. The van der Waals surface area contributed by atoms with Crippen molar-refractivity contribution in [3.63, 3.8) is 0 Å². The van der Waals surface area contributed by atoms with Crippen LogP contribution in [0.1, 0.15) is 24.1 Å². The van der Waals surface area contributed by atoms with Gasteiger partial charge in [-0.1, -0.05) is 28.4 Å². The molecule has 2 N–H and O–H groups in total. The minimum Gasteiger partial charge on any atom is -0.364 e. The monoisotopic (exact) mass is 349 g/mol. The van der Waals surface area contributed by atoms with Crippen LogP contribution in [-0.2, 0) is 11.2 Å². The highest BCUT2D eigenvalue weighted by Crippen LogP contribution is 2.43. The van der Waals surface area contributed by atoms with Gasteiger partial charge in [-0.2, -0.15) is 0 Å². The average molecular weight is 350 g/mol. The topological polar surface area (TPSA) is 70.9 Å². The van der Waals surface area contributed by atoms with Gasteiger partial charge in [0, 0.05) is 29.6 Å². The fraction of sp³-hybridized carbons (Fsp3) is 0.250. The molecule has 3 heterocycles. The lowest BCUT2D eigenvalue weighted by atomic mass is 9.92. The van der Waals surface area contributed by atoms with Gasteiger partial charge < -0.3 is 14.8 Å². The summed E-state index contributed by atoms with van der Waals surface area (Å²) >= 11 is 12.7. The average Bonchev–Trinajstić information content (AvgIpc) is 3.15. The van der Waals surface area contributed by atoms with Crippen LogP contribution >= 0.6 is 23.2 Å². The molecule has 23 heavy (non-hydrogen) atoms. The Morgan fingerprint density at radius 2 is 2.22 bits per heavy atom. The number of hydrogen-bond donors (Lipinski definition) is 2. The first-order valence-electron chi connectivity index (χ1n) is 7.28. The Morgan fingerprint density at radius 3 is 2.96 bits per heavy atom. The van der Waals surface area contributed by atoms with Crippen molar-refractivity contribution in [2.24, 2.45) is 0 Å². The maximum absolute atomic E-state index is 12.3. The summed E-state index contributed by atoms with van der Waals surface area (Å²) < 4.78 is 4.97. The van der Waals surface area contributed by atoms with Crippen LogP contribution in [-0.4, -0.2) is 22.6 Å². The number of hydrogen-bond acceptors (Lipinski definition) is 3. The number of benzene rings is 1. The number of amides is 1. The van der Waals surface area contributed by atoms with Crippen LogP contribution in [0.3, 0.4) is 0 Å². The second-order valence-corrected chi connectivity index (χ2v) is 6.45. The normalized spacial score (nSPS) is 17.9. The number of aromatic amines is 1. The van der Waals surface area contributed by atoms with E-state index in [0.29, 0.717) is 16.6 Å². The SMILES string of the molecule is CC1C(=O)NCCc2[nH]c3c(Cl)c(Cl)cc(-c4cnoc4)c3c21. The quantitative estimate of drug-likeness (QED) is 0.699. The molecule has 0 fully saturated rings. The van der Waals surface area contributed by atoms with E-state index in [4.69, 9.17) is 27.7 Å². The van der Waals surface area contributed by atoms with Gasteiger partial charge >= 0.3 is 0 Å². The molecule has 0 spiro atoms. The van der Waals surface area contributed by atoms with Gasteiger partial charge in [-0.05, 0) is 24.1 Å². The van der Waals surface area contributed by atoms with E-state index in [1.54, 1.807) is 18.5 Å². The Labute approximate surface area is 141 Å². The third-order valence-electron chi connectivity index (χ3n) is 4.33. The third kappa shape index (κ3) is 2.15. The summed E-state index contributed by atoms with van der Waals surface area (Å²) in [5, 5.41) is 8.50. The van der Waals surface area contributed by atoms with Gasteiger partial charge in [0.05, 0.1) is 27.7 Å². The molecule has 4 rings (SSSR count). The van der Waals surface area contributed by atoms with Crippen molar-refractivity contribution in [2.75, 3.05) is 6.54 Å². The predicted octanol–water partition coefficient (Wildman–Crippen LogP) is 3.91. The third-order valence-corrected chi connectivity index (χ3v) is 5.12. The number of aromatic nitrogens is 2. The van der Waals surface area contributed by atoms with Crippen LogP contribution in [0.5, 0.6) is 0 Å². The summed E-state index contributed by atoms with van der Waals surface area (Å²) in [6.45, 7) is 2.49. The first-order chi connectivity index (χ1) is 11.1. The number of fused-ring (bicyclic) bond motifs is 3. The maximum atomic E-state index is 12.3. The zero-order valence-electron chi connectivity index (χ0n) is 12.2. The van der Waals surface area contributed by atoms with Gasteiger partial charge in [-0.15, -0.1) is 0 Å². The first kappa shape index (κ1) is 14.6. The number of nitrogens with one attached hydrogen (secondary N) is 2. The second-order valence-electron chi connectivity index (χ2n) is 5.66. The minimum atomic E-state index is -0.280. The second kappa shape index (κ2) is 5.28. The minimum absolute atomic E-state index is 0.00647. The zero-order chi connectivity index (χ0) is 16.1. The highest BCUT2D eigenvalue weighted by Gasteiger charge is 2.29. The van der Waals surface area contributed by atoms with Gasteiger partial charge in [0.1, 0.15) is 6.26 Å². The lowest BCUT2D eigenvalue weighted by Crippen LogP contribution is -2.26. The molecular weight excluding hydrogens is 337 g/mol. The molecule has 1 aliphatic heterocycles. The van der Waals surface area contributed by atoms with E-state index in [0.717, 1.165) is 39.7 Å². The van der Waals surface area contributed by atoms with Crippen molar-refractivity contribution in [1.29, 1.82) is 0 Å². The number of H-pyrrole nitrogens is 1. The molecule has 1 aromatic carbocycles. The van der Waals surface area contributed by atoms with Crippen molar-refractivity contribution in [3.05, 3.63) is 39.8 Å². The molecule has 0 aliphatic carbocycles. The van der Waals surface area contributed by atoms with E-state index in [-0.39, 0.29) is 11.8 Å². The molecule has 1 amide bonds. The van der Waals surface area contributed by atoms with Crippen molar-refractivity contribution in [3.8, 4) is 11.1 Å². The van der Waals surface area contributed by atoms with Crippen LogP contribution in [0.2, 0.25) is 10.0 Å². The number of rotatable bonds is 1. The summed E-state index contributed by atoms with van der Waals surface area (Å²) in [5.74, 6) is -0.274. The van der Waals surface area contributed by atoms with E-state index in [9.17, 15) is 4.79 Å². The lowest BCUT2D eigenvalue weighted by molar-refractivity contribution is -0.121. The lowest BCUT2D eigenvalue weighted by Gasteiger charge is -2.11. The van der Waals surface area contributed by atoms with E-state index in [1.165, 1.54) is 0 Å². The molecule has 1 unspecified atom stereocenters. The molecule has 0 saturated carbocycles. The largest absolute Gasteiger partial charge is 0.364 e. The maximum Gasteiger partial charge on any atom is 0.227 e. The Morgan fingerprint density at radius 1 is 1.39 bits per heavy atom. The smallest absolute Gasteiger partial charge is 0.227 e. The molecule has 0 radical (unpaired) electrons. The Hall–Kier alpha value is -1.98. The molecule has 3 aromatic rings. The molecule has 118 valence electrons. The molecular formula is C16H13Cl2N3O2. The number of carbonyl (C=O) groups is 1. The van der Waals surface area contributed by atoms with Crippen molar-refractivity contribution >= 4 is 40.0 Å². The summed E-state index contributed by atoms with van der Waals surface area (Å²) in [6.07, 6.45) is 3.90. The van der Waals surface area contributed by atoms with Crippen LogP contribution in [0.4, 0.5) is 0 Å². The van der Waals surface area contributed by atoms with Crippen LogP contribution in [0, 0.1) is 0 Å². The summed E-state index contributed by atoms with van der Waals surface area (Å²) in [7, 11) is 0. The van der Waals surface area contributed by atoms with Gasteiger partial charge in [0.15, 0.2) is 0 Å². The van der Waals surface area contributed by atoms with Crippen LogP contribution in [0.25, 0.3) is 22.0 Å². The van der Waals surface area contributed by atoms with Gasteiger partial charge in [0.25, 0.3) is 0 Å². The zero-order valence-corrected chi connectivity index (χ0v) is 13.8. The Balaban J connectivity index is 2.13. The molecule has 2 aromatic heterocycles. The molecule has 0 saturated heterocycles. The van der Waals surface area contributed by atoms with Crippen molar-refractivity contribution in [2.45, 2.75) is 19.3 Å². The van der Waals surface area contributed by atoms with E-state index in [2.05, 4.69) is 15.5 Å². The fourth-order valence-corrected chi connectivity index (χ4v) is 3.63. The van der Waals surface area contributed by atoms with Crippen molar-refractivity contribution in [1.82, 2.24) is 15.5 Å².